The van der Waals surface area contributed by atoms with Gasteiger partial charge in [-0.15, -0.1) is 0 Å². The Bertz CT molecular complexity index is 1170. The molecule has 7 nitrogen and oxygen atoms in total. The Balaban J connectivity index is 1.90. The van der Waals surface area contributed by atoms with E-state index in [-0.39, 0.29) is 23.4 Å². The van der Waals surface area contributed by atoms with Crippen molar-refractivity contribution in [3.8, 4) is 5.75 Å². The van der Waals surface area contributed by atoms with E-state index in [1.165, 1.54) is 18.1 Å². The lowest BCUT2D eigenvalue weighted by atomic mass is 9.95. The van der Waals surface area contributed by atoms with Crippen LogP contribution in [0.15, 0.2) is 72.8 Å². The molecule has 0 saturated carbocycles. The molecule has 3 aromatic rings. The standard InChI is InChI=1S/C23H18ClN3O4/c1-31-18-5-4-16(24)11-17(18)21(28)19-20(15-6-9-25-10-7-15)27(23(30)22(19)29)13-14-3-2-8-26-12-14/h2-12,20,28H,13H2,1H3. The van der Waals surface area contributed by atoms with Gasteiger partial charge in [0.2, 0.25) is 0 Å². The van der Waals surface area contributed by atoms with Crippen LogP contribution in [0, 0.1) is 0 Å². The predicted octanol–water partition coefficient (Wildman–Crippen LogP) is 3.76. The van der Waals surface area contributed by atoms with Crippen LogP contribution >= 0.6 is 11.6 Å². The molecule has 1 aliphatic rings. The highest BCUT2D eigenvalue weighted by molar-refractivity contribution is 6.46. The molecule has 1 fully saturated rings. The molecule has 0 radical (unpaired) electrons. The third-order valence-electron chi connectivity index (χ3n) is 5.05. The van der Waals surface area contributed by atoms with Crippen LogP contribution in [-0.2, 0) is 16.1 Å². The van der Waals surface area contributed by atoms with E-state index in [0.717, 1.165) is 5.56 Å². The van der Waals surface area contributed by atoms with Gasteiger partial charge in [0.15, 0.2) is 0 Å². The molecule has 0 bridgehead atoms. The fourth-order valence-electron chi connectivity index (χ4n) is 3.63. The van der Waals surface area contributed by atoms with Gasteiger partial charge in [0.05, 0.1) is 24.3 Å². The summed E-state index contributed by atoms with van der Waals surface area (Å²) >= 11 is 6.11. The van der Waals surface area contributed by atoms with Crippen LogP contribution in [0.25, 0.3) is 5.76 Å². The van der Waals surface area contributed by atoms with E-state index < -0.39 is 17.7 Å². The fraction of sp³-hybridized carbons (Fsp3) is 0.130. The Morgan fingerprint density at radius 1 is 1.13 bits per heavy atom. The van der Waals surface area contributed by atoms with E-state index in [1.54, 1.807) is 55.1 Å². The SMILES string of the molecule is COc1ccc(Cl)cc1C(O)=C1C(=O)C(=O)N(Cc2cccnc2)C1c1ccncc1. The number of aliphatic hydroxyl groups is 1. The minimum atomic E-state index is -0.813. The van der Waals surface area contributed by atoms with Gasteiger partial charge in [-0.05, 0) is 47.5 Å². The molecule has 1 saturated heterocycles. The number of carbonyl (C=O) groups is 2. The molecule has 4 rings (SSSR count). The molecule has 1 N–H and O–H groups in total. The lowest BCUT2D eigenvalue weighted by molar-refractivity contribution is -0.140. The zero-order valence-corrected chi connectivity index (χ0v) is 17.3. The molecule has 1 aliphatic heterocycles. The molecular weight excluding hydrogens is 418 g/mol. The lowest BCUT2D eigenvalue weighted by Gasteiger charge is -2.25. The average molecular weight is 436 g/mol. The van der Waals surface area contributed by atoms with E-state index in [4.69, 9.17) is 16.3 Å². The monoisotopic (exact) mass is 435 g/mol. The molecule has 0 spiro atoms. The second-order valence-corrected chi connectivity index (χ2v) is 7.35. The quantitative estimate of drug-likeness (QED) is 0.372. The lowest BCUT2D eigenvalue weighted by Crippen LogP contribution is -2.29. The number of benzene rings is 1. The number of halogens is 1. The third-order valence-corrected chi connectivity index (χ3v) is 5.29. The molecular formula is C23H18ClN3O4. The second kappa shape index (κ2) is 8.57. The summed E-state index contributed by atoms with van der Waals surface area (Å²) in [7, 11) is 1.45. The molecule has 1 amide bonds. The number of methoxy groups -OCH3 is 1. The molecule has 3 heterocycles. The number of carbonyl (C=O) groups excluding carboxylic acids is 2. The number of hydrogen-bond donors (Lipinski definition) is 1. The fourth-order valence-corrected chi connectivity index (χ4v) is 3.81. The smallest absolute Gasteiger partial charge is 0.295 e. The van der Waals surface area contributed by atoms with E-state index >= 15 is 0 Å². The van der Waals surface area contributed by atoms with Crippen molar-refractivity contribution < 1.29 is 19.4 Å². The highest BCUT2D eigenvalue weighted by Crippen LogP contribution is 2.41. The van der Waals surface area contributed by atoms with Crippen LogP contribution in [0.5, 0.6) is 5.75 Å². The number of aromatic nitrogens is 2. The van der Waals surface area contributed by atoms with Crippen LogP contribution in [0.1, 0.15) is 22.7 Å². The Morgan fingerprint density at radius 3 is 2.58 bits per heavy atom. The Labute approximate surface area is 183 Å². The first-order valence-corrected chi connectivity index (χ1v) is 9.80. The van der Waals surface area contributed by atoms with Gasteiger partial charge in [0.1, 0.15) is 11.5 Å². The van der Waals surface area contributed by atoms with Crippen molar-refractivity contribution in [3.63, 3.8) is 0 Å². The molecule has 1 aromatic carbocycles. The topological polar surface area (TPSA) is 92.6 Å². The van der Waals surface area contributed by atoms with Gasteiger partial charge in [-0.2, -0.15) is 0 Å². The summed E-state index contributed by atoms with van der Waals surface area (Å²) < 4.78 is 5.33. The second-order valence-electron chi connectivity index (χ2n) is 6.91. The minimum Gasteiger partial charge on any atom is -0.507 e. The zero-order chi connectivity index (χ0) is 22.0. The Morgan fingerprint density at radius 2 is 1.90 bits per heavy atom. The van der Waals surface area contributed by atoms with Crippen molar-refractivity contribution in [2.75, 3.05) is 7.11 Å². The van der Waals surface area contributed by atoms with Gasteiger partial charge in [-0.1, -0.05) is 17.7 Å². The van der Waals surface area contributed by atoms with Crippen molar-refractivity contribution in [2.24, 2.45) is 0 Å². The average Bonchev–Trinajstić information content (AvgIpc) is 3.04. The van der Waals surface area contributed by atoms with Crippen LogP contribution in [0.3, 0.4) is 0 Å². The van der Waals surface area contributed by atoms with Gasteiger partial charge in [0.25, 0.3) is 11.7 Å². The number of hydrogen-bond acceptors (Lipinski definition) is 6. The first-order valence-electron chi connectivity index (χ1n) is 9.42. The van der Waals surface area contributed by atoms with Crippen LogP contribution < -0.4 is 4.74 Å². The van der Waals surface area contributed by atoms with Crippen LogP contribution in [0.4, 0.5) is 0 Å². The number of amides is 1. The number of rotatable bonds is 5. The first-order chi connectivity index (χ1) is 15.0. The van der Waals surface area contributed by atoms with Gasteiger partial charge < -0.3 is 14.7 Å². The summed E-state index contributed by atoms with van der Waals surface area (Å²) in [6, 6.07) is 10.9. The molecule has 31 heavy (non-hydrogen) atoms. The number of Topliss-reactive ketones (excluding diaryl/α,β-unsaturated/α-hetero) is 1. The Kier molecular flexibility index (Phi) is 5.68. The maximum Gasteiger partial charge on any atom is 0.295 e. The van der Waals surface area contributed by atoms with E-state index in [0.29, 0.717) is 16.3 Å². The van der Waals surface area contributed by atoms with Crippen LogP contribution in [-0.4, -0.2) is 38.8 Å². The van der Waals surface area contributed by atoms with Crippen molar-refractivity contribution in [2.45, 2.75) is 12.6 Å². The Hall–Kier alpha value is -3.71. The largest absolute Gasteiger partial charge is 0.507 e. The maximum atomic E-state index is 13.1. The minimum absolute atomic E-state index is 0.0411. The van der Waals surface area contributed by atoms with E-state index in [1.807, 2.05) is 6.07 Å². The highest BCUT2D eigenvalue weighted by Gasteiger charge is 2.46. The molecule has 8 heteroatoms. The number of pyridine rings is 2. The van der Waals surface area contributed by atoms with Crippen molar-refractivity contribution in [3.05, 3.63) is 94.5 Å². The molecule has 1 atom stereocenters. The van der Waals surface area contributed by atoms with Crippen molar-refractivity contribution in [1.82, 2.24) is 14.9 Å². The van der Waals surface area contributed by atoms with Crippen LogP contribution in [0.2, 0.25) is 5.02 Å². The summed E-state index contributed by atoms with van der Waals surface area (Å²) in [5, 5.41) is 11.5. The molecule has 156 valence electrons. The maximum absolute atomic E-state index is 13.1. The summed E-state index contributed by atoms with van der Waals surface area (Å²) in [4.78, 5) is 35.6. The molecule has 1 unspecified atom stereocenters. The summed E-state index contributed by atoms with van der Waals surface area (Å²) in [5.41, 5.74) is 1.58. The third kappa shape index (κ3) is 3.87. The number of aliphatic hydroxyl groups excluding tert-OH is 1. The van der Waals surface area contributed by atoms with Gasteiger partial charge in [0, 0.05) is 36.4 Å². The van der Waals surface area contributed by atoms with Gasteiger partial charge >= 0.3 is 0 Å². The van der Waals surface area contributed by atoms with Gasteiger partial charge in [-0.3, -0.25) is 19.6 Å². The van der Waals surface area contributed by atoms with Crippen molar-refractivity contribution >= 4 is 29.1 Å². The summed E-state index contributed by atoms with van der Waals surface area (Å²) in [6.45, 7) is 0.148. The number of nitrogens with zero attached hydrogens (tertiary/aromatic N) is 3. The molecule has 2 aromatic heterocycles. The first kappa shape index (κ1) is 20.6. The van der Waals surface area contributed by atoms with Gasteiger partial charge in [-0.25, -0.2) is 0 Å². The number of likely N-dealkylation sites (tertiary alicyclic amines) is 1. The van der Waals surface area contributed by atoms with E-state index in [2.05, 4.69) is 9.97 Å². The molecule has 0 aliphatic carbocycles. The predicted molar refractivity (Wildman–Crippen MR) is 114 cm³/mol. The van der Waals surface area contributed by atoms with E-state index in [9.17, 15) is 14.7 Å². The number of ether oxygens (including phenoxy) is 1. The summed E-state index contributed by atoms with van der Waals surface area (Å²) in [5.74, 6) is -1.53. The zero-order valence-electron chi connectivity index (χ0n) is 16.5. The van der Waals surface area contributed by atoms with Crippen molar-refractivity contribution in [1.29, 1.82) is 0 Å². The highest BCUT2D eigenvalue weighted by atomic mass is 35.5. The summed E-state index contributed by atoms with van der Waals surface area (Å²) in [6.07, 6.45) is 6.39. The normalized spacial score (nSPS) is 17.7. The number of ketones is 1.